The van der Waals surface area contributed by atoms with E-state index in [0.29, 0.717) is 18.1 Å². The van der Waals surface area contributed by atoms with Crippen LogP contribution in [0.25, 0.3) is 5.57 Å². The van der Waals surface area contributed by atoms with Gasteiger partial charge >= 0.3 is 0 Å². The second kappa shape index (κ2) is 11.1. The predicted octanol–water partition coefficient (Wildman–Crippen LogP) is 8.43. The van der Waals surface area contributed by atoms with Gasteiger partial charge in [-0.1, -0.05) is 90.0 Å². The summed E-state index contributed by atoms with van der Waals surface area (Å²) in [6.45, 7) is 2.13. The molecule has 36 heavy (non-hydrogen) atoms. The van der Waals surface area contributed by atoms with Crippen LogP contribution < -0.4 is 4.74 Å². The Bertz CT molecular complexity index is 1220. The van der Waals surface area contributed by atoms with E-state index in [1.807, 2.05) is 12.1 Å². The van der Waals surface area contributed by atoms with Crippen LogP contribution in [0.1, 0.15) is 72.6 Å². The highest BCUT2D eigenvalue weighted by Gasteiger charge is 2.29. The molecule has 0 N–H and O–H groups in total. The van der Waals surface area contributed by atoms with Crippen LogP contribution in [0.5, 0.6) is 5.75 Å². The maximum absolute atomic E-state index is 13.3. The molecule has 5 rings (SSSR count). The average molecular weight is 477 g/mol. The summed E-state index contributed by atoms with van der Waals surface area (Å²) < 4.78 is 5.29. The Morgan fingerprint density at radius 3 is 2.14 bits per heavy atom. The Morgan fingerprint density at radius 2 is 1.47 bits per heavy atom. The molecule has 2 aliphatic carbocycles. The molecule has 0 aromatic heterocycles. The summed E-state index contributed by atoms with van der Waals surface area (Å²) in [4.78, 5) is 13.3. The van der Waals surface area contributed by atoms with Crippen molar-refractivity contribution < 1.29 is 9.53 Å². The molecule has 2 nitrogen and oxygen atoms in total. The SMILES string of the molecule is COc1ccc(C2CCC(C(=O)CCC3=CC=C(c4ccccc4)C3c3ccc(C)cc3)CC2)cc1. The maximum Gasteiger partial charge on any atom is 0.136 e. The third-order valence-corrected chi connectivity index (χ3v) is 8.11. The van der Waals surface area contributed by atoms with Crippen molar-refractivity contribution >= 4 is 11.4 Å². The smallest absolute Gasteiger partial charge is 0.136 e. The summed E-state index contributed by atoms with van der Waals surface area (Å²) in [5, 5.41) is 0. The van der Waals surface area contributed by atoms with Gasteiger partial charge in [0.25, 0.3) is 0 Å². The number of ketones is 1. The number of methoxy groups -OCH3 is 1. The van der Waals surface area contributed by atoms with Crippen LogP contribution in [0.2, 0.25) is 0 Å². The lowest BCUT2D eigenvalue weighted by molar-refractivity contribution is -0.123. The Morgan fingerprint density at radius 1 is 0.806 bits per heavy atom. The highest BCUT2D eigenvalue weighted by Crippen LogP contribution is 2.44. The Hall–Kier alpha value is -3.39. The molecule has 0 saturated heterocycles. The quantitative estimate of drug-likeness (QED) is 0.326. The van der Waals surface area contributed by atoms with Crippen LogP contribution in [0.3, 0.4) is 0 Å². The van der Waals surface area contributed by atoms with Gasteiger partial charge in [-0.15, -0.1) is 0 Å². The second-order valence-corrected chi connectivity index (χ2v) is 10.4. The fraction of sp³-hybridized carbons (Fsp3) is 0.324. The monoisotopic (exact) mass is 476 g/mol. The maximum atomic E-state index is 13.3. The summed E-state index contributed by atoms with van der Waals surface area (Å²) in [5.74, 6) is 2.34. The number of carbonyl (C=O) groups excluding carboxylic acids is 1. The first kappa shape index (κ1) is 24.3. The highest BCUT2D eigenvalue weighted by molar-refractivity contribution is 5.83. The molecule has 1 unspecified atom stereocenters. The van der Waals surface area contributed by atoms with Gasteiger partial charge in [0.15, 0.2) is 0 Å². The van der Waals surface area contributed by atoms with Crippen molar-refractivity contribution in [3.63, 3.8) is 0 Å². The molecular weight excluding hydrogens is 440 g/mol. The first-order valence-electron chi connectivity index (χ1n) is 13.3. The number of allylic oxidation sites excluding steroid dienone is 4. The van der Waals surface area contributed by atoms with Gasteiger partial charge in [0.2, 0.25) is 0 Å². The largest absolute Gasteiger partial charge is 0.497 e. The van der Waals surface area contributed by atoms with Gasteiger partial charge in [-0.05, 0) is 79.3 Å². The first-order chi connectivity index (χ1) is 17.6. The zero-order valence-electron chi connectivity index (χ0n) is 21.5. The van der Waals surface area contributed by atoms with Crippen LogP contribution in [0, 0.1) is 12.8 Å². The van der Waals surface area contributed by atoms with Crippen molar-refractivity contribution in [2.75, 3.05) is 7.11 Å². The summed E-state index contributed by atoms with van der Waals surface area (Å²) in [6.07, 6.45) is 10.2. The molecule has 0 aliphatic heterocycles. The van der Waals surface area contributed by atoms with Crippen molar-refractivity contribution in [1.29, 1.82) is 0 Å². The number of hydrogen-bond donors (Lipinski definition) is 0. The summed E-state index contributed by atoms with van der Waals surface area (Å²) in [5.41, 5.74) is 7.91. The van der Waals surface area contributed by atoms with Crippen LogP contribution in [0.4, 0.5) is 0 Å². The average Bonchev–Trinajstić information content (AvgIpc) is 3.37. The lowest BCUT2D eigenvalue weighted by Crippen LogP contribution is -2.21. The van der Waals surface area contributed by atoms with E-state index in [1.54, 1.807) is 7.11 Å². The molecule has 3 aromatic carbocycles. The fourth-order valence-electron chi connectivity index (χ4n) is 5.96. The molecule has 0 amide bonds. The summed E-state index contributed by atoms with van der Waals surface area (Å²) in [6, 6.07) is 28.0. The van der Waals surface area contributed by atoms with Gasteiger partial charge in [-0.2, -0.15) is 0 Å². The molecule has 1 atom stereocenters. The molecule has 0 spiro atoms. The van der Waals surface area contributed by atoms with Crippen LogP contribution in [-0.2, 0) is 4.79 Å². The van der Waals surface area contributed by atoms with Gasteiger partial charge < -0.3 is 4.74 Å². The lowest BCUT2D eigenvalue weighted by Gasteiger charge is -2.28. The third kappa shape index (κ3) is 5.38. The number of rotatable bonds is 8. The van der Waals surface area contributed by atoms with Crippen molar-refractivity contribution in [2.24, 2.45) is 5.92 Å². The normalized spacial score (nSPS) is 21.6. The molecule has 2 heteroatoms. The molecule has 1 saturated carbocycles. The van der Waals surface area contributed by atoms with E-state index in [2.05, 4.69) is 85.8 Å². The Kier molecular flexibility index (Phi) is 7.51. The minimum absolute atomic E-state index is 0.209. The molecule has 0 radical (unpaired) electrons. The summed E-state index contributed by atoms with van der Waals surface area (Å²) in [7, 11) is 1.70. The number of hydrogen-bond acceptors (Lipinski definition) is 2. The number of ether oxygens (including phenoxy) is 1. The van der Waals surface area contributed by atoms with E-state index in [0.717, 1.165) is 37.9 Å². The van der Waals surface area contributed by atoms with E-state index < -0.39 is 0 Å². The van der Waals surface area contributed by atoms with Crippen LogP contribution in [0.15, 0.2) is 96.6 Å². The number of carbonyl (C=O) groups is 1. The van der Waals surface area contributed by atoms with E-state index in [4.69, 9.17) is 4.74 Å². The van der Waals surface area contributed by atoms with Crippen molar-refractivity contribution in [3.05, 3.63) is 119 Å². The Balaban J connectivity index is 1.21. The molecule has 3 aromatic rings. The van der Waals surface area contributed by atoms with Gasteiger partial charge in [0.1, 0.15) is 11.5 Å². The number of Topliss-reactive ketones (excluding diaryl/α,β-unsaturated/α-hetero) is 1. The van der Waals surface area contributed by atoms with Crippen molar-refractivity contribution in [1.82, 2.24) is 0 Å². The van der Waals surface area contributed by atoms with Gasteiger partial charge in [0, 0.05) is 18.3 Å². The van der Waals surface area contributed by atoms with Crippen LogP contribution >= 0.6 is 0 Å². The van der Waals surface area contributed by atoms with E-state index in [1.165, 1.54) is 33.4 Å². The molecule has 0 heterocycles. The second-order valence-electron chi connectivity index (χ2n) is 10.4. The zero-order valence-corrected chi connectivity index (χ0v) is 21.5. The van der Waals surface area contributed by atoms with Gasteiger partial charge in [0.05, 0.1) is 7.11 Å². The standard InChI is InChI=1S/C34H36O2/c1-24-8-10-29(11-9-24)34-30(18-22-32(34)27-6-4-3-5-7-27)19-23-33(35)28-14-12-25(13-15-28)26-16-20-31(36-2)21-17-26/h3-11,16-18,20-22,25,28,34H,12-15,19,23H2,1-2H3. The topological polar surface area (TPSA) is 26.3 Å². The molecule has 2 aliphatic rings. The Labute approximate surface area is 215 Å². The molecule has 0 bridgehead atoms. The van der Waals surface area contributed by atoms with E-state index >= 15 is 0 Å². The minimum Gasteiger partial charge on any atom is -0.497 e. The molecular formula is C34H36O2. The van der Waals surface area contributed by atoms with Crippen molar-refractivity contribution in [3.8, 4) is 5.75 Å². The minimum atomic E-state index is 0.209. The van der Waals surface area contributed by atoms with Crippen LogP contribution in [-0.4, -0.2) is 12.9 Å². The number of benzene rings is 3. The van der Waals surface area contributed by atoms with E-state index in [9.17, 15) is 4.79 Å². The number of aryl methyl sites for hydroxylation is 1. The molecule has 184 valence electrons. The van der Waals surface area contributed by atoms with Gasteiger partial charge in [-0.25, -0.2) is 0 Å². The van der Waals surface area contributed by atoms with Gasteiger partial charge in [-0.3, -0.25) is 4.79 Å². The zero-order chi connectivity index (χ0) is 24.9. The first-order valence-corrected chi connectivity index (χ1v) is 13.3. The van der Waals surface area contributed by atoms with E-state index in [-0.39, 0.29) is 11.8 Å². The predicted molar refractivity (Wildman–Crippen MR) is 148 cm³/mol. The van der Waals surface area contributed by atoms with Crippen molar-refractivity contribution in [2.45, 2.75) is 57.3 Å². The lowest BCUT2D eigenvalue weighted by atomic mass is 9.76. The molecule has 1 fully saturated rings. The third-order valence-electron chi connectivity index (χ3n) is 8.11. The summed E-state index contributed by atoms with van der Waals surface area (Å²) >= 11 is 0. The highest BCUT2D eigenvalue weighted by atomic mass is 16.5. The fourth-order valence-corrected chi connectivity index (χ4v) is 5.96.